The highest BCUT2D eigenvalue weighted by atomic mass is 32.1. The molecule has 0 atom stereocenters. The molecular weight excluding hydrogens is 413 g/mol. The molecule has 1 saturated heterocycles. The molecule has 4 rings (SSSR count). The summed E-state index contributed by atoms with van der Waals surface area (Å²) in [5, 5.41) is 3.56. The number of carbonyl (C=O) groups is 2. The van der Waals surface area contributed by atoms with E-state index in [0.29, 0.717) is 48.6 Å². The van der Waals surface area contributed by atoms with Crippen molar-refractivity contribution < 1.29 is 14.0 Å². The van der Waals surface area contributed by atoms with Crippen molar-refractivity contribution >= 4 is 38.9 Å². The van der Waals surface area contributed by atoms with E-state index < -0.39 is 0 Å². The highest BCUT2D eigenvalue weighted by Gasteiger charge is 2.26. The van der Waals surface area contributed by atoms with Crippen LogP contribution in [0, 0.1) is 26.6 Å². The van der Waals surface area contributed by atoms with Gasteiger partial charge >= 0.3 is 0 Å². The Morgan fingerprint density at radius 3 is 2.29 bits per heavy atom. The smallest absolute Gasteiger partial charge is 0.264 e. The zero-order valence-electron chi connectivity index (χ0n) is 18.0. The summed E-state index contributed by atoms with van der Waals surface area (Å²) in [6, 6.07) is 10.9. The van der Waals surface area contributed by atoms with Crippen LogP contribution in [0.1, 0.15) is 26.4 Å². The topological polar surface area (TPSA) is 52.7 Å². The maximum atomic E-state index is 14.2. The Kier molecular flexibility index (Phi) is 6.07. The lowest BCUT2D eigenvalue weighted by Crippen LogP contribution is -2.50. The number of piperazine rings is 1. The monoisotopic (exact) mass is 439 g/mol. The van der Waals surface area contributed by atoms with Crippen molar-refractivity contribution in [2.24, 2.45) is 0 Å². The Labute approximate surface area is 185 Å². The summed E-state index contributed by atoms with van der Waals surface area (Å²) < 4.78 is 15.0. The van der Waals surface area contributed by atoms with Crippen molar-refractivity contribution in [1.82, 2.24) is 9.80 Å². The van der Waals surface area contributed by atoms with Crippen LogP contribution >= 0.6 is 11.3 Å². The van der Waals surface area contributed by atoms with Gasteiger partial charge in [-0.3, -0.25) is 14.5 Å². The van der Waals surface area contributed by atoms with E-state index in [4.69, 9.17) is 0 Å². The summed E-state index contributed by atoms with van der Waals surface area (Å²) in [6.07, 6.45) is 0. The van der Waals surface area contributed by atoms with E-state index in [1.165, 1.54) is 17.4 Å². The largest absolute Gasteiger partial charge is 0.335 e. The SMILES string of the molecule is Cc1cccc(C)c1NC(=O)CN1CCN(C(=O)c2sc3cccc(F)c3c2C)CC1. The van der Waals surface area contributed by atoms with Crippen molar-refractivity contribution in [3.8, 4) is 0 Å². The van der Waals surface area contributed by atoms with Crippen molar-refractivity contribution in [3.05, 3.63) is 63.8 Å². The quantitative estimate of drug-likeness (QED) is 0.657. The summed E-state index contributed by atoms with van der Waals surface area (Å²) in [5.74, 6) is -0.393. The molecule has 31 heavy (non-hydrogen) atoms. The van der Waals surface area contributed by atoms with Gasteiger partial charge in [0.15, 0.2) is 0 Å². The number of amides is 2. The molecule has 0 unspecified atom stereocenters. The van der Waals surface area contributed by atoms with E-state index in [1.54, 1.807) is 11.0 Å². The zero-order valence-corrected chi connectivity index (χ0v) is 18.8. The van der Waals surface area contributed by atoms with Gasteiger partial charge < -0.3 is 10.2 Å². The number of halogens is 1. The number of anilines is 1. The summed E-state index contributed by atoms with van der Waals surface area (Å²) in [6.45, 7) is 8.42. The summed E-state index contributed by atoms with van der Waals surface area (Å²) >= 11 is 1.35. The molecule has 1 N–H and O–H groups in total. The summed E-state index contributed by atoms with van der Waals surface area (Å²) in [4.78, 5) is 30.1. The molecule has 2 heterocycles. The number of nitrogens with zero attached hydrogens (tertiary/aromatic N) is 2. The number of carbonyl (C=O) groups excluding carboxylic acids is 2. The lowest BCUT2D eigenvalue weighted by Gasteiger charge is -2.34. The van der Waals surface area contributed by atoms with Crippen LogP contribution in [0.15, 0.2) is 36.4 Å². The number of hydrogen-bond donors (Lipinski definition) is 1. The molecule has 2 aromatic carbocycles. The predicted octanol–water partition coefficient (Wildman–Crippen LogP) is 4.36. The standard InChI is InChI=1S/C24H26FN3O2S/c1-15-6-4-7-16(2)22(15)26-20(29)14-27-10-12-28(13-11-27)24(30)23-17(3)21-18(25)8-5-9-19(21)31-23/h4-9H,10-14H2,1-3H3,(H,26,29). The van der Waals surface area contributed by atoms with Gasteiger partial charge in [0.05, 0.1) is 11.4 Å². The molecule has 0 bridgehead atoms. The third kappa shape index (κ3) is 4.34. The number of nitrogens with one attached hydrogen (secondary N) is 1. The van der Waals surface area contributed by atoms with E-state index in [2.05, 4.69) is 10.2 Å². The second kappa shape index (κ2) is 8.77. The molecule has 162 valence electrons. The maximum Gasteiger partial charge on any atom is 0.264 e. The highest BCUT2D eigenvalue weighted by molar-refractivity contribution is 7.21. The number of rotatable bonds is 4. The highest BCUT2D eigenvalue weighted by Crippen LogP contribution is 2.33. The fourth-order valence-electron chi connectivity index (χ4n) is 4.10. The second-order valence-electron chi connectivity index (χ2n) is 8.05. The predicted molar refractivity (Wildman–Crippen MR) is 123 cm³/mol. The van der Waals surface area contributed by atoms with Gasteiger partial charge in [-0.25, -0.2) is 4.39 Å². The van der Waals surface area contributed by atoms with Crippen molar-refractivity contribution in [2.75, 3.05) is 38.0 Å². The molecule has 0 aliphatic carbocycles. The minimum absolute atomic E-state index is 0.0481. The fourth-order valence-corrected chi connectivity index (χ4v) is 5.29. The van der Waals surface area contributed by atoms with E-state index in [0.717, 1.165) is 21.5 Å². The van der Waals surface area contributed by atoms with Gasteiger partial charge in [0.2, 0.25) is 5.91 Å². The average molecular weight is 440 g/mol. The molecule has 0 spiro atoms. The van der Waals surface area contributed by atoms with Crippen molar-refractivity contribution in [2.45, 2.75) is 20.8 Å². The second-order valence-corrected chi connectivity index (χ2v) is 9.10. The van der Waals surface area contributed by atoms with E-state index in [1.807, 2.05) is 45.0 Å². The Hall–Kier alpha value is -2.77. The van der Waals surface area contributed by atoms with Crippen LogP contribution < -0.4 is 5.32 Å². The van der Waals surface area contributed by atoms with Crippen LogP contribution in [-0.2, 0) is 4.79 Å². The zero-order chi connectivity index (χ0) is 22.1. The Morgan fingerprint density at radius 2 is 1.65 bits per heavy atom. The molecule has 1 aliphatic heterocycles. The molecule has 0 saturated carbocycles. The lowest BCUT2D eigenvalue weighted by molar-refractivity contribution is -0.117. The minimum Gasteiger partial charge on any atom is -0.335 e. The fraction of sp³-hybridized carbons (Fsp3) is 0.333. The van der Waals surface area contributed by atoms with Gasteiger partial charge in [0.1, 0.15) is 5.82 Å². The van der Waals surface area contributed by atoms with Crippen LogP contribution in [0.3, 0.4) is 0 Å². The Bertz CT molecular complexity index is 1130. The van der Waals surface area contributed by atoms with Gasteiger partial charge in [0, 0.05) is 42.0 Å². The molecule has 5 nitrogen and oxygen atoms in total. The van der Waals surface area contributed by atoms with E-state index >= 15 is 0 Å². The minimum atomic E-state index is -0.287. The summed E-state index contributed by atoms with van der Waals surface area (Å²) in [7, 11) is 0. The number of fused-ring (bicyclic) bond motifs is 1. The lowest BCUT2D eigenvalue weighted by atomic mass is 10.1. The van der Waals surface area contributed by atoms with Crippen LogP contribution in [0.2, 0.25) is 0 Å². The van der Waals surface area contributed by atoms with E-state index in [9.17, 15) is 14.0 Å². The number of benzene rings is 2. The van der Waals surface area contributed by atoms with Crippen molar-refractivity contribution in [1.29, 1.82) is 0 Å². The molecule has 1 aliphatic rings. The molecule has 3 aromatic rings. The molecule has 7 heteroatoms. The third-order valence-electron chi connectivity index (χ3n) is 5.87. The Morgan fingerprint density at radius 1 is 1.00 bits per heavy atom. The first-order chi connectivity index (χ1) is 14.8. The first-order valence-electron chi connectivity index (χ1n) is 10.4. The third-order valence-corrected chi connectivity index (χ3v) is 7.11. The van der Waals surface area contributed by atoms with Crippen molar-refractivity contribution in [3.63, 3.8) is 0 Å². The molecular formula is C24H26FN3O2S. The number of para-hydroxylation sites is 1. The van der Waals surface area contributed by atoms with Gasteiger partial charge in [-0.2, -0.15) is 0 Å². The molecule has 1 aromatic heterocycles. The average Bonchev–Trinajstić information content (AvgIpc) is 3.08. The van der Waals surface area contributed by atoms with Crippen LogP contribution in [0.25, 0.3) is 10.1 Å². The number of thiophene rings is 1. The van der Waals surface area contributed by atoms with Crippen LogP contribution in [0.5, 0.6) is 0 Å². The van der Waals surface area contributed by atoms with Crippen LogP contribution in [0.4, 0.5) is 10.1 Å². The van der Waals surface area contributed by atoms with Gasteiger partial charge in [-0.15, -0.1) is 11.3 Å². The van der Waals surface area contributed by atoms with E-state index in [-0.39, 0.29) is 17.6 Å². The number of hydrogen-bond acceptors (Lipinski definition) is 4. The molecule has 2 amide bonds. The van der Waals surface area contributed by atoms with Gasteiger partial charge in [-0.05, 0) is 49.6 Å². The first kappa shape index (κ1) is 21.5. The number of aryl methyl sites for hydroxylation is 3. The van der Waals surface area contributed by atoms with Gasteiger partial charge in [-0.1, -0.05) is 24.3 Å². The van der Waals surface area contributed by atoms with Crippen LogP contribution in [-0.4, -0.2) is 54.3 Å². The van der Waals surface area contributed by atoms with Gasteiger partial charge in [0.25, 0.3) is 5.91 Å². The molecule has 0 radical (unpaired) electrons. The maximum absolute atomic E-state index is 14.2. The molecule has 1 fully saturated rings. The summed E-state index contributed by atoms with van der Waals surface area (Å²) in [5.41, 5.74) is 3.66. The Balaban J connectivity index is 1.37. The normalized spacial score (nSPS) is 14.8. The first-order valence-corrected chi connectivity index (χ1v) is 11.2.